The fourth-order valence-corrected chi connectivity index (χ4v) is 3.81. The molecule has 3 aromatic rings. The Kier molecular flexibility index (Phi) is 7.14. The summed E-state index contributed by atoms with van der Waals surface area (Å²) in [5.74, 6) is 0.905. The van der Waals surface area contributed by atoms with Crippen molar-refractivity contribution in [3.63, 3.8) is 0 Å². The van der Waals surface area contributed by atoms with Crippen molar-refractivity contribution in [1.82, 2.24) is 9.62 Å². The SMILES string of the molecule is C[C@H](Oc1ccc2ccccc2c1)C(=O)NCCOc1ccc(S(=O)(=O)N(C)C)cc1. The molecule has 0 heterocycles. The maximum Gasteiger partial charge on any atom is 0.260 e. The van der Waals surface area contributed by atoms with Crippen molar-refractivity contribution in [2.45, 2.75) is 17.9 Å². The van der Waals surface area contributed by atoms with E-state index in [4.69, 9.17) is 9.47 Å². The van der Waals surface area contributed by atoms with E-state index < -0.39 is 16.1 Å². The van der Waals surface area contributed by atoms with E-state index in [0.717, 1.165) is 15.1 Å². The minimum Gasteiger partial charge on any atom is -0.492 e. The van der Waals surface area contributed by atoms with Gasteiger partial charge in [-0.1, -0.05) is 30.3 Å². The lowest BCUT2D eigenvalue weighted by atomic mass is 10.1. The zero-order chi connectivity index (χ0) is 22.4. The van der Waals surface area contributed by atoms with Crippen molar-refractivity contribution < 1.29 is 22.7 Å². The molecule has 31 heavy (non-hydrogen) atoms. The Balaban J connectivity index is 1.45. The lowest BCUT2D eigenvalue weighted by Gasteiger charge is -2.15. The molecule has 0 spiro atoms. The van der Waals surface area contributed by atoms with Gasteiger partial charge in [0.2, 0.25) is 10.0 Å². The van der Waals surface area contributed by atoms with Crippen LogP contribution in [0.1, 0.15) is 6.92 Å². The highest BCUT2D eigenvalue weighted by Gasteiger charge is 2.17. The Hall–Kier alpha value is -3.10. The van der Waals surface area contributed by atoms with Crippen LogP contribution in [0.3, 0.4) is 0 Å². The quantitative estimate of drug-likeness (QED) is 0.515. The normalized spacial score (nSPS) is 12.5. The minimum atomic E-state index is -3.47. The second kappa shape index (κ2) is 9.80. The number of sulfonamides is 1. The number of nitrogens with zero attached hydrogens (tertiary/aromatic N) is 1. The summed E-state index contributed by atoms with van der Waals surface area (Å²) in [4.78, 5) is 12.5. The van der Waals surface area contributed by atoms with Gasteiger partial charge in [-0.2, -0.15) is 0 Å². The average molecular weight is 443 g/mol. The van der Waals surface area contributed by atoms with Gasteiger partial charge < -0.3 is 14.8 Å². The predicted molar refractivity (Wildman–Crippen MR) is 120 cm³/mol. The maximum absolute atomic E-state index is 12.3. The van der Waals surface area contributed by atoms with Gasteiger partial charge in [-0.3, -0.25) is 4.79 Å². The lowest BCUT2D eigenvalue weighted by molar-refractivity contribution is -0.127. The van der Waals surface area contributed by atoms with Gasteiger partial charge in [0.25, 0.3) is 5.91 Å². The molecule has 0 aliphatic heterocycles. The monoisotopic (exact) mass is 442 g/mol. The van der Waals surface area contributed by atoms with E-state index in [1.165, 1.54) is 26.2 Å². The molecule has 3 aromatic carbocycles. The van der Waals surface area contributed by atoms with Crippen molar-refractivity contribution in [3.05, 3.63) is 66.7 Å². The molecule has 3 rings (SSSR count). The average Bonchev–Trinajstić information content (AvgIpc) is 2.76. The molecule has 8 heteroatoms. The number of carbonyl (C=O) groups excluding carboxylic acids is 1. The number of amides is 1. The molecule has 0 aliphatic carbocycles. The van der Waals surface area contributed by atoms with Crippen molar-refractivity contribution >= 4 is 26.7 Å². The minimum absolute atomic E-state index is 0.192. The molecule has 0 fully saturated rings. The van der Waals surface area contributed by atoms with Gasteiger partial charge in [0.1, 0.15) is 18.1 Å². The van der Waals surface area contributed by atoms with Crippen LogP contribution in [-0.2, 0) is 14.8 Å². The molecular weight excluding hydrogens is 416 g/mol. The first-order valence-electron chi connectivity index (χ1n) is 9.86. The largest absolute Gasteiger partial charge is 0.492 e. The molecule has 1 atom stereocenters. The standard InChI is InChI=1S/C23H26N2O5S/c1-17(30-21-9-8-18-6-4-5-7-19(18)16-21)23(26)24-14-15-29-20-10-12-22(13-11-20)31(27,28)25(2)3/h4-13,16-17H,14-15H2,1-3H3,(H,24,26)/t17-/m0/s1. The number of benzene rings is 3. The number of rotatable bonds is 9. The van der Waals surface area contributed by atoms with Crippen LogP contribution in [-0.4, -0.2) is 52.0 Å². The van der Waals surface area contributed by atoms with Crippen LogP contribution in [0.5, 0.6) is 11.5 Å². The maximum atomic E-state index is 12.3. The van der Waals surface area contributed by atoms with E-state index in [2.05, 4.69) is 5.32 Å². The first-order valence-corrected chi connectivity index (χ1v) is 11.3. The van der Waals surface area contributed by atoms with E-state index >= 15 is 0 Å². The fraction of sp³-hybridized carbons (Fsp3) is 0.261. The molecular formula is C23H26N2O5S. The summed E-state index contributed by atoms with van der Waals surface area (Å²) < 4.78 is 36.6. The van der Waals surface area contributed by atoms with E-state index in [-0.39, 0.29) is 17.4 Å². The Morgan fingerprint density at radius 2 is 1.61 bits per heavy atom. The molecule has 0 saturated carbocycles. The summed E-state index contributed by atoms with van der Waals surface area (Å²) >= 11 is 0. The van der Waals surface area contributed by atoms with Gasteiger partial charge in [0.05, 0.1) is 11.4 Å². The van der Waals surface area contributed by atoms with Gasteiger partial charge in [-0.25, -0.2) is 12.7 Å². The molecule has 0 aliphatic rings. The summed E-state index contributed by atoms with van der Waals surface area (Å²) in [5.41, 5.74) is 0. The Morgan fingerprint density at radius 3 is 2.29 bits per heavy atom. The highest BCUT2D eigenvalue weighted by Crippen LogP contribution is 2.21. The number of ether oxygens (including phenoxy) is 2. The van der Waals surface area contributed by atoms with Crippen LogP contribution < -0.4 is 14.8 Å². The summed E-state index contributed by atoms with van der Waals surface area (Å²) in [6.07, 6.45) is -0.656. The molecule has 0 radical (unpaired) electrons. The van der Waals surface area contributed by atoms with Crippen LogP contribution in [0.15, 0.2) is 71.6 Å². The summed E-state index contributed by atoms with van der Waals surface area (Å²) in [6, 6.07) is 19.8. The number of nitrogens with one attached hydrogen (secondary N) is 1. The van der Waals surface area contributed by atoms with Gasteiger partial charge in [0, 0.05) is 14.1 Å². The van der Waals surface area contributed by atoms with Crippen molar-refractivity contribution in [3.8, 4) is 11.5 Å². The molecule has 7 nitrogen and oxygen atoms in total. The topological polar surface area (TPSA) is 84.9 Å². The van der Waals surface area contributed by atoms with Crippen molar-refractivity contribution in [2.24, 2.45) is 0 Å². The Morgan fingerprint density at radius 1 is 0.968 bits per heavy atom. The summed E-state index contributed by atoms with van der Waals surface area (Å²) in [7, 11) is -0.512. The Labute approximate surface area is 182 Å². The van der Waals surface area contributed by atoms with Crippen LogP contribution in [0.25, 0.3) is 10.8 Å². The molecule has 1 amide bonds. The van der Waals surface area contributed by atoms with Crippen LogP contribution in [0.4, 0.5) is 0 Å². The van der Waals surface area contributed by atoms with Gasteiger partial charge in [-0.15, -0.1) is 0 Å². The smallest absolute Gasteiger partial charge is 0.260 e. The third kappa shape index (κ3) is 5.74. The second-order valence-corrected chi connectivity index (χ2v) is 9.32. The van der Waals surface area contributed by atoms with Gasteiger partial charge >= 0.3 is 0 Å². The van der Waals surface area contributed by atoms with Crippen molar-refractivity contribution in [1.29, 1.82) is 0 Å². The van der Waals surface area contributed by atoms with E-state index in [9.17, 15) is 13.2 Å². The van der Waals surface area contributed by atoms with Crippen LogP contribution in [0, 0.1) is 0 Å². The van der Waals surface area contributed by atoms with Crippen molar-refractivity contribution in [2.75, 3.05) is 27.2 Å². The lowest BCUT2D eigenvalue weighted by Crippen LogP contribution is -2.38. The van der Waals surface area contributed by atoms with Crippen LogP contribution >= 0.6 is 0 Å². The highest BCUT2D eigenvalue weighted by molar-refractivity contribution is 7.89. The third-order valence-corrected chi connectivity index (χ3v) is 6.50. The molecule has 0 saturated heterocycles. The van der Waals surface area contributed by atoms with Gasteiger partial charge in [0.15, 0.2) is 6.10 Å². The number of hydrogen-bond acceptors (Lipinski definition) is 5. The summed E-state index contributed by atoms with van der Waals surface area (Å²) in [5, 5.41) is 4.92. The predicted octanol–water partition coefficient (Wildman–Crippen LogP) is 3.05. The molecule has 164 valence electrons. The van der Waals surface area contributed by atoms with E-state index in [1.807, 2.05) is 42.5 Å². The zero-order valence-electron chi connectivity index (χ0n) is 17.7. The first-order chi connectivity index (χ1) is 14.8. The molecule has 0 unspecified atom stereocenters. The van der Waals surface area contributed by atoms with E-state index in [0.29, 0.717) is 18.0 Å². The van der Waals surface area contributed by atoms with E-state index in [1.54, 1.807) is 19.1 Å². The Bertz CT molecular complexity index is 1140. The molecule has 0 aromatic heterocycles. The van der Waals surface area contributed by atoms with Gasteiger partial charge in [-0.05, 0) is 54.1 Å². The number of fused-ring (bicyclic) bond motifs is 1. The zero-order valence-corrected chi connectivity index (χ0v) is 18.6. The number of carbonyl (C=O) groups is 1. The fourth-order valence-electron chi connectivity index (χ4n) is 2.90. The third-order valence-electron chi connectivity index (χ3n) is 4.68. The molecule has 0 bridgehead atoms. The highest BCUT2D eigenvalue weighted by atomic mass is 32.2. The molecule has 1 N–H and O–H groups in total. The second-order valence-electron chi connectivity index (χ2n) is 7.17. The number of hydrogen-bond donors (Lipinski definition) is 1. The summed E-state index contributed by atoms with van der Waals surface area (Å²) in [6.45, 7) is 2.23. The van der Waals surface area contributed by atoms with Crippen LogP contribution in [0.2, 0.25) is 0 Å². The first kappa shape index (κ1) is 22.6.